The van der Waals surface area contributed by atoms with Gasteiger partial charge >= 0.3 is 5.97 Å². The normalized spacial score (nSPS) is 21.8. The molecule has 5 nitrogen and oxygen atoms in total. The van der Waals surface area contributed by atoms with Crippen LogP contribution >= 0.6 is 0 Å². The zero-order chi connectivity index (χ0) is 9.84. The van der Waals surface area contributed by atoms with Crippen molar-refractivity contribution in [3.63, 3.8) is 0 Å². The number of carbonyl (C=O) groups is 2. The second kappa shape index (κ2) is 4.02. The van der Waals surface area contributed by atoms with Gasteiger partial charge in [0.2, 0.25) is 5.91 Å². The predicted molar refractivity (Wildman–Crippen MR) is 46.0 cm³/mol. The Labute approximate surface area is 76.1 Å². The van der Waals surface area contributed by atoms with E-state index in [4.69, 9.17) is 0 Å². The molecule has 0 saturated carbocycles. The Bertz CT molecular complexity index is 260. The first-order chi connectivity index (χ1) is 6.13. The Morgan fingerprint density at radius 1 is 1.77 bits per heavy atom. The molecule has 0 aliphatic carbocycles. The first kappa shape index (κ1) is 9.70. The van der Waals surface area contributed by atoms with Gasteiger partial charge in [-0.25, -0.2) is 5.43 Å². The van der Waals surface area contributed by atoms with Crippen LogP contribution in [0.3, 0.4) is 0 Å². The molecule has 13 heavy (non-hydrogen) atoms. The SMILES string of the molecule is COC(=O)CC1CC(C)=NNC1=O. The van der Waals surface area contributed by atoms with Gasteiger partial charge in [0, 0.05) is 5.71 Å². The Hall–Kier alpha value is -1.39. The van der Waals surface area contributed by atoms with E-state index in [-0.39, 0.29) is 24.2 Å². The zero-order valence-corrected chi connectivity index (χ0v) is 7.66. The molecule has 1 atom stereocenters. The average molecular weight is 184 g/mol. The fourth-order valence-electron chi connectivity index (χ4n) is 1.19. The van der Waals surface area contributed by atoms with Crippen molar-refractivity contribution in [1.29, 1.82) is 0 Å². The molecule has 1 aliphatic heterocycles. The van der Waals surface area contributed by atoms with Crippen LogP contribution in [0.1, 0.15) is 19.8 Å². The number of hydrogen-bond acceptors (Lipinski definition) is 4. The molecule has 5 heteroatoms. The lowest BCUT2D eigenvalue weighted by molar-refractivity contribution is -0.144. The Balaban J connectivity index is 2.55. The van der Waals surface area contributed by atoms with Crippen LogP contribution in [0, 0.1) is 5.92 Å². The van der Waals surface area contributed by atoms with Crippen LogP contribution in [0.25, 0.3) is 0 Å². The number of rotatable bonds is 2. The fraction of sp³-hybridized carbons (Fsp3) is 0.625. The van der Waals surface area contributed by atoms with Gasteiger partial charge < -0.3 is 4.74 Å². The number of nitrogens with one attached hydrogen (secondary N) is 1. The Kier molecular flexibility index (Phi) is 3.00. The van der Waals surface area contributed by atoms with Gasteiger partial charge in [-0.2, -0.15) is 5.10 Å². The summed E-state index contributed by atoms with van der Waals surface area (Å²) in [6.07, 6.45) is 0.649. The molecule has 1 N–H and O–H groups in total. The van der Waals surface area contributed by atoms with Crippen LogP contribution in [0.5, 0.6) is 0 Å². The first-order valence-corrected chi connectivity index (χ1v) is 4.03. The predicted octanol–water partition coefficient (Wildman–Crippen LogP) is 0.0615. The van der Waals surface area contributed by atoms with E-state index in [2.05, 4.69) is 15.3 Å². The second-order valence-corrected chi connectivity index (χ2v) is 3.00. The van der Waals surface area contributed by atoms with Crippen LogP contribution in [0.4, 0.5) is 0 Å². The highest BCUT2D eigenvalue weighted by atomic mass is 16.5. The van der Waals surface area contributed by atoms with Crippen LogP contribution in [-0.2, 0) is 14.3 Å². The molecular formula is C8H12N2O3. The second-order valence-electron chi connectivity index (χ2n) is 3.00. The molecule has 0 aromatic heterocycles. The van der Waals surface area contributed by atoms with Gasteiger partial charge in [-0.15, -0.1) is 0 Å². The highest BCUT2D eigenvalue weighted by Gasteiger charge is 2.25. The molecule has 1 aliphatic rings. The lowest BCUT2D eigenvalue weighted by atomic mass is 9.97. The van der Waals surface area contributed by atoms with Crippen LogP contribution in [-0.4, -0.2) is 24.7 Å². The van der Waals surface area contributed by atoms with E-state index in [1.165, 1.54) is 7.11 Å². The van der Waals surface area contributed by atoms with Crippen molar-refractivity contribution in [2.45, 2.75) is 19.8 Å². The van der Waals surface area contributed by atoms with Crippen molar-refractivity contribution < 1.29 is 14.3 Å². The van der Waals surface area contributed by atoms with Crippen molar-refractivity contribution in [1.82, 2.24) is 5.43 Å². The van der Waals surface area contributed by atoms with Crippen LogP contribution in [0.2, 0.25) is 0 Å². The third-order valence-electron chi connectivity index (χ3n) is 1.91. The molecule has 0 saturated heterocycles. The maximum Gasteiger partial charge on any atom is 0.306 e. The van der Waals surface area contributed by atoms with Gasteiger partial charge in [0.1, 0.15) is 0 Å². The van der Waals surface area contributed by atoms with Gasteiger partial charge in [0.05, 0.1) is 19.4 Å². The summed E-state index contributed by atoms with van der Waals surface area (Å²) in [6, 6.07) is 0. The van der Waals surface area contributed by atoms with Crippen LogP contribution in [0.15, 0.2) is 5.10 Å². The molecule has 0 spiro atoms. The molecule has 0 radical (unpaired) electrons. The van der Waals surface area contributed by atoms with Crippen molar-refractivity contribution >= 4 is 17.6 Å². The van der Waals surface area contributed by atoms with Gasteiger partial charge in [0.25, 0.3) is 0 Å². The minimum absolute atomic E-state index is 0.120. The highest BCUT2D eigenvalue weighted by molar-refractivity contribution is 5.94. The van der Waals surface area contributed by atoms with Gasteiger partial charge in [-0.3, -0.25) is 9.59 Å². The number of hydrazone groups is 1. The molecule has 0 bridgehead atoms. The number of nitrogens with zero attached hydrogens (tertiary/aromatic N) is 1. The van der Waals surface area contributed by atoms with E-state index in [0.29, 0.717) is 6.42 Å². The zero-order valence-electron chi connectivity index (χ0n) is 7.66. The monoisotopic (exact) mass is 184 g/mol. The van der Waals surface area contributed by atoms with Crippen molar-refractivity contribution in [3.8, 4) is 0 Å². The van der Waals surface area contributed by atoms with Gasteiger partial charge in [0.15, 0.2) is 0 Å². The summed E-state index contributed by atoms with van der Waals surface area (Å²) in [7, 11) is 1.31. The minimum atomic E-state index is -0.366. The molecule has 0 aromatic rings. The van der Waals surface area contributed by atoms with E-state index in [1.54, 1.807) is 0 Å². The Morgan fingerprint density at radius 3 is 3.08 bits per heavy atom. The number of ether oxygens (including phenoxy) is 1. The van der Waals surface area contributed by atoms with Crippen LogP contribution < -0.4 is 5.43 Å². The maximum atomic E-state index is 11.2. The van der Waals surface area contributed by atoms with Crippen molar-refractivity contribution in [2.75, 3.05) is 7.11 Å². The topological polar surface area (TPSA) is 67.8 Å². The molecule has 0 aromatic carbocycles. The first-order valence-electron chi connectivity index (χ1n) is 4.03. The van der Waals surface area contributed by atoms with E-state index in [9.17, 15) is 9.59 Å². The smallest absolute Gasteiger partial charge is 0.306 e. The number of esters is 1. The average Bonchev–Trinajstić information content (AvgIpc) is 2.11. The highest BCUT2D eigenvalue weighted by Crippen LogP contribution is 2.14. The summed E-state index contributed by atoms with van der Waals surface area (Å²) < 4.78 is 4.48. The van der Waals surface area contributed by atoms with Crippen molar-refractivity contribution in [3.05, 3.63) is 0 Å². The molecule has 0 fully saturated rings. The summed E-state index contributed by atoms with van der Waals surface area (Å²) in [5, 5.41) is 3.76. The number of methoxy groups -OCH3 is 1. The Morgan fingerprint density at radius 2 is 2.46 bits per heavy atom. The van der Waals surface area contributed by atoms with Gasteiger partial charge in [-0.05, 0) is 13.3 Å². The van der Waals surface area contributed by atoms with E-state index >= 15 is 0 Å². The summed E-state index contributed by atoms with van der Waals surface area (Å²) in [5.74, 6) is -0.907. The third-order valence-corrected chi connectivity index (χ3v) is 1.91. The molecule has 1 heterocycles. The van der Waals surface area contributed by atoms with Gasteiger partial charge in [-0.1, -0.05) is 0 Å². The largest absolute Gasteiger partial charge is 0.469 e. The summed E-state index contributed by atoms with van der Waals surface area (Å²) >= 11 is 0. The maximum absolute atomic E-state index is 11.2. The third kappa shape index (κ3) is 2.54. The lowest BCUT2D eigenvalue weighted by Gasteiger charge is -2.18. The van der Waals surface area contributed by atoms with E-state index in [0.717, 1.165) is 5.71 Å². The number of carbonyl (C=O) groups excluding carboxylic acids is 2. The fourth-order valence-corrected chi connectivity index (χ4v) is 1.19. The minimum Gasteiger partial charge on any atom is -0.469 e. The standard InChI is InChI=1S/C8H12N2O3/c1-5-3-6(4-7(11)13-2)8(12)10-9-5/h6H,3-4H2,1-2H3,(H,10,12). The summed E-state index contributed by atoms with van der Waals surface area (Å²) in [6.45, 7) is 1.81. The molecule has 1 rings (SSSR count). The summed E-state index contributed by atoms with van der Waals surface area (Å²) in [5.41, 5.74) is 3.18. The van der Waals surface area contributed by atoms with E-state index in [1.807, 2.05) is 6.92 Å². The lowest BCUT2D eigenvalue weighted by Crippen LogP contribution is -2.35. The summed E-state index contributed by atoms with van der Waals surface area (Å²) in [4.78, 5) is 22.1. The molecular weight excluding hydrogens is 172 g/mol. The van der Waals surface area contributed by atoms with E-state index < -0.39 is 0 Å². The molecule has 1 unspecified atom stereocenters. The van der Waals surface area contributed by atoms with Crippen molar-refractivity contribution in [2.24, 2.45) is 11.0 Å². The number of amides is 1. The molecule has 1 amide bonds. The quantitative estimate of drug-likeness (QED) is 0.617. The number of hydrogen-bond donors (Lipinski definition) is 1. The molecule has 72 valence electrons.